The van der Waals surface area contributed by atoms with Crippen LogP contribution in [0.15, 0.2) is 54.6 Å². The summed E-state index contributed by atoms with van der Waals surface area (Å²) < 4.78 is 5.35. The van der Waals surface area contributed by atoms with Gasteiger partial charge in [0.05, 0.1) is 13.0 Å². The number of carbonyl (C=O) groups is 1. The lowest BCUT2D eigenvalue weighted by molar-refractivity contribution is -0.127. The van der Waals surface area contributed by atoms with Crippen molar-refractivity contribution in [3.05, 3.63) is 65.7 Å². The number of rotatable bonds is 5. The van der Waals surface area contributed by atoms with Crippen LogP contribution < -0.4 is 15.4 Å². The number of hydrogen-bond donors (Lipinski definition) is 2. The Labute approximate surface area is 143 Å². The van der Waals surface area contributed by atoms with E-state index < -0.39 is 0 Å². The average Bonchev–Trinajstić information content (AvgIpc) is 2.67. The van der Waals surface area contributed by atoms with Crippen LogP contribution in [0.4, 0.5) is 0 Å². The van der Waals surface area contributed by atoms with E-state index in [0.717, 1.165) is 30.7 Å². The topological polar surface area (TPSA) is 50.4 Å². The molecule has 126 valence electrons. The fraction of sp³-hybridized carbons (Fsp3) is 0.350. The number of benzene rings is 2. The molecule has 0 aromatic heterocycles. The zero-order valence-electron chi connectivity index (χ0n) is 14.0. The van der Waals surface area contributed by atoms with E-state index in [2.05, 4.69) is 22.8 Å². The zero-order chi connectivity index (χ0) is 16.8. The molecule has 1 aliphatic rings. The van der Waals surface area contributed by atoms with Crippen molar-refractivity contribution in [1.29, 1.82) is 0 Å². The summed E-state index contributed by atoms with van der Waals surface area (Å²) in [4.78, 5) is 12.8. The Hall–Kier alpha value is -2.33. The summed E-state index contributed by atoms with van der Waals surface area (Å²) in [5, 5.41) is 6.59. The van der Waals surface area contributed by atoms with Gasteiger partial charge in [-0.2, -0.15) is 0 Å². The normalized spacial score (nSPS) is 20.4. The van der Waals surface area contributed by atoms with Crippen LogP contribution >= 0.6 is 0 Å². The van der Waals surface area contributed by atoms with Crippen molar-refractivity contribution in [3.63, 3.8) is 0 Å². The molecule has 4 nitrogen and oxygen atoms in total. The highest BCUT2D eigenvalue weighted by Gasteiger charge is 2.31. The zero-order valence-corrected chi connectivity index (χ0v) is 14.0. The summed E-state index contributed by atoms with van der Waals surface area (Å²) in [6.45, 7) is 1.44. The first-order valence-electron chi connectivity index (χ1n) is 8.47. The van der Waals surface area contributed by atoms with Crippen LogP contribution in [0.1, 0.15) is 30.0 Å². The Bertz CT molecular complexity index is 672. The number of ether oxygens (including phenoxy) is 1. The van der Waals surface area contributed by atoms with Crippen molar-refractivity contribution in [1.82, 2.24) is 10.6 Å². The molecule has 1 aliphatic heterocycles. The molecule has 1 saturated heterocycles. The predicted octanol–water partition coefficient (Wildman–Crippen LogP) is 3.05. The molecule has 2 aromatic rings. The van der Waals surface area contributed by atoms with Crippen LogP contribution in [0.2, 0.25) is 0 Å². The molecule has 0 bridgehead atoms. The van der Waals surface area contributed by atoms with Crippen molar-refractivity contribution in [2.75, 3.05) is 13.7 Å². The first-order chi connectivity index (χ1) is 11.8. The summed E-state index contributed by atoms with van der Waals surface area (Å²) in [6.07, 6.45) is 1.93. The van der Waals surface area contributed by atoms with Gasteiger partial charge in [-0.05, 0) is 31.0 Å². The Kier molecular flexibility index (Phi) is 5.49. The summed E-state index contributed by atoms with van der Waals surface area (Å²) >= 11 is 0. The van der Waals surface area contributed by atoms with E-state index in [9.17, 15) is 4.79 Å². The Balaban J connectivity index is 1.68. The van der Waals surface area contributed by atoms with Crippen molar-refractivity contribution < 1.29 is 9.53 Å². The second kappa shape index (κ2) is 7.97. The van der Waals surface area contributed by atoms with Crippen LogP contribution in [0.5, 0.6) is 5.75 Å². The Morgan fingerprint density at radius 1 is 1.17 bits per heavy atom. The molecule has 2 atom stereocenters. The highest BCUT2D eigenvalue weighted by Crippen LogP contribution is 2.29. The van der Waals surface area contributed by atoms with Crippen LogP contribution in [0.25, 0.3) is 0 Å². The molecule has 1 amide bonds. The molecule has 0 saturated carbocycles. The third kappa shape index (κ3) is 3.77. The molecule has 2 N–H and O–H groups in total. The monoisotopic (exact) mass is 324 g/mol. The first kappa shape index (κ1) is 16.5. The van der Waals surface area contributed by atoms with E-state index in [0.29, 0.717) is 6.54 Å². The van der Waals surface area contributed by atoms with Gasteiger partial charge in [0.1, 0.15) is 5.75 Å². The number of methoxy groups -OCH3 is 1. The van der Waals surface area contributed by atoms with Gasteiger partial charge < -0.3 is 15.4 Å². The standard InChI is InChI=1S/C20H24N2O2/c1-24-18-12-6-5-10-16(18)14-22-20(23)17-11-7-13-21-19(17)15-8-3-2-4-9-15/h2-6,8-10,12,17,19,21H,7,11,13-14H2,1H3,(H,22,23). The summed E-state index contributed by atoms with van der Waals surface area (Å²) in [5.41, 5.74) is 2.17. The quantitative estimate of drug-likeness (QED) is 0.889. The maximum absolute atomic E-state index is 12.8. The lowest BCUT2D eigenvalue weighted by Gasteiger charge is -2.32. The predicted molar refractivity (Wildman–Crippen MR) is 94.8 cm³/mol. The van der Waals surface area contributed by atoms with Crippen molar-refractivity contribution in [2.45, 2.75) is 25.4 Å². The Morgan fingerprint density at radius 2 is 1.92 bits per heavy atom. The van der Waals surface area contributed by atoms with Gasteiger partial charge in [0.2, 0.25) is 5.91 Å². The van der Waals surface area contributed by atoms with E-state index in [1.807, 2.05) is 42.5 Å². The van der Waals surface area contributed by atoms with Gasteiger partial charge in [-0.3, -0.25) is 4.79 Å². The molecular formula is C20H24N2O2. The fourth-order valence-corrected chi connectivity index (χ4v) is 3.34. The van der Waals surface area contributed by atoms with Gasteiger partial charge >= 0.3 is 0 Å². The van der Waals surface area contributed by atoms with Crippen LogP contribution in [0.3, 0.4) is 0 Å². The fourth-order valence-electron chi connectivity index (χ4n) is 3.34. The molecule has 1 heterocycles. The molecule has 2 aromatic carbocycles. The lowest BCUT2D eigenvalue weighted by atomic mass is 9.85. The van der Waals surface area contributed by atoms with Crippen LogP contribution in [-0.2, 0) is 11.3 Å². The second-order valence-electron chi connectivity index (χ2n) is 6.12. The van der Waals surface area contributed by atoms with Gasteiger partial charge in [-0.15, -0.1) is 0 Å². The molecule has 0 spiro atoms. The van der Waals surface area contributed by atoms with E-state index in [1.165, 1.54) is 5.56 Å². The minimum atomic E-state index is -0.0455. The third-order valence-corrected chi connectivity index (χ3v) is 4.60. The van der Waals surface area contributed by atoms with Crippen molar-refractivity contribution in [3.8, 4) is 5.75 Å². The van der Waals surface area contributed by atoms with Gasteiger partial charge in [0, 0.05) is 18.2 Å². The molecule has 2 unspecified atom stereocenters. The SMILES string of the molecule is COc1ccccc1CNC(=O)C1CCCNC1c1ccccc1. The molecule has 0 aliphatic carbocycles. The molecule has 0 radical (unpaired) electrons. The number of para-hydroxylation sites is 1. The van der Waals surface area contributed by atoms with E-state index in [-0.39, 0.29) is 17.9 Å². The van der Waals surface area contributed by atoms with Gasteiger partial charge in [-0.25, -0.2) is 0 Å². The smallest absolute Gasteiger partial charge is 0.225 e. The minimum Gasteiger partial charge on any atom is -0.496 e. The largest absolute Gasteiger partial charge is 0.496 e. The number of carbonyl (C=O) groups excluding carboxylic acids is 1. The molecule has 24 heavy (non-hydrogen) atoms. The van der Waals surface area contributed by atoms with Crippen LogP contribution in [0, 0.1) is 5.92 Å². The van der Waals surface area contributed by atoms with Gasteiger partial charge in [0.25, 0.3) is 0 Å². The highest BCUT2D eigenvalue weighted by atomic mass is 16.5. The number of hydrogen-bond acceptors (Lipinski definition) is 3. The van der Waals surface area contributed by atoms with E-state index in [1.54, 1.807) is 7.11 Å². The third-order valence-electron chi connectivity index (χ3n) is 4.60. The number of piperidine rings is 1. The summed E-state index contributed by atoms with van der Waals surface area (Å²) in [7, 11) is 1.65. The molecule has 4 heteroatoms. The molecular weight excluding hydrogens is 300 g/mol. The second-order valence-corrected chi connectivity index (χ2v) is 6.12. The minimum absolute atomic E-state index is 0.0455. The Morgan fingerprint density at radius 3 is 2.71 bits per heavy atom. The average molecular weight is 324 g/mol. The summed E-state index contributed by atoms with van der Waals surface area (Å²) in [5.74, 6) is 0.858. The maximum Gasteiger partial charge on any atom is 0.225 e. The lowest BCUT2D eigenvalue weighted by Crippen LogP contribution is -2.42. The van der Waals surface area contributed by atoms with E-state index in [4.69, 9.17) is 4.74 Å². The summed E-state index contributed by atoms with van der Waals surface area (Å²) in [6, 6.07) is 18.1. The first-order valence-corrected chi connectivity index (χ1v) is 8.47. The highest BCUT2D eigenvalue weighted by molar-refractivity contribution is 5.79. The van der Waals surface area contributed by atoms with Gasteiger partial charge in [-0.1, -0.05) is 48.5 Å². The number of nitrogens with one attached hydrogen (secondary N) is 2. The van der Waals surface area contributed by atoms with Crippen molar-refractivity contribution >= 4 is 5.91 Å². The molecule has 3 rings (SSSR count). The maximum atomic E-state index is 12.8. The van der Waals surface area contributed by atoms with Crippen molar-refractivity contribution in [2.24, 2.45) is 5.92 Å². The van der Waals surface area contributed by atoms with E-state index >= 15 is 0 Å². The number of amides is 1. The van der Waals surface area contributed by atoms with Gasteiger partial charge in [0.15, 0.2) is 0 Å². The molecule has 1 fully saturated rings. The van der Waals surface area contributed by atoms with Crippen LogP contribution in [-0.4, -0.2) is 19.6 Å².